The van der Waals surface area contributed by atoms with E-state index >= 15 is 0 Å². The molecule has 0 bridgehead atoms. The molecule has 0 aliphatic rings. The third-order valence-electron chi connectivity index (χ3n) is 2.78. The van der Waals surface area contributed by atoms with Crippen molar-refractivity contribution in [1.29, 1.82) is 0 Å². The topological polar surface area (TPSA) is 78.9 Å². The van der Waals surface area contributed by atoms with Crippen molar-refractivity contribution in [2.75, 3.05) is 7.05 Å². The number of amides is 1. The minimum absolute atomic E-state index is 0.0317. The molecular weight excluding hydrogens is 273 g/mol. The van der Waals surface area contributed by atoms with E-state index < -0.39 is 5.82 Å². The molecule has 5 nitrogen and oxygen atoms in total. The largest absolute Gasteiger partial charge is 0.409 e. The van der Waals surface area contributed by atoms with E-state index in [1.165, 1.54) is 17.0 Å². The first-order valence-electron chi connectivity index (χ1n) is 5.55. The quantitative estimate of drug-likeness (QED) is 0.385. The fourth-order valence-corrected chi connectivity index (χ4v) is 1.69. The predicted molar refractivity (Wildman–Crippen MR) is 71.0 cm³/mol. The van der Waals surface area contributed by atoms with Gasteiger partial charge >= 0.3 is 0 Å². The average Bonchev–Trinajstić information content (AvgIpc) is 2.39. The maximum Gasteiger partial charge on any atom is 0.253 e. The number of rotatable bonds is 4. The van der Waals surface area contributed by atoms with Crippen LogP contribution >= 0.6 is 11.6 Å². The van der Waals surface area contributed by atoms with E-state index in [0.717, 1.165) is 6.07 Å². The molecule has 1 atom stereocenters. The lowest BCUT2D eigenvalue weighted by molar-refractivity contribution is 0.0747. The summed E-state index contributed by atoms with van der Waals surface area (Å²) >= 11 is 5.63. The first-order valence-corrected chi connectivity index (χ1v) is 5.93. The van der Waals surface area contributed by atoms with Gasteiger partial charge in [0.05, 0.1) is 5.02 Å². The lowest BCUT2D eigenvalue weighted by Gasteiger charge is -2.24. The average molecular weight is 288 g/mol. The molecule has 0 saturated heterocycles. The van der Waals surface area contributed by atoms with Crippen LogP contribution in [0.4, 0.5) is 4.39 Å². The monoisotopic (exact) mass is 287 g/mol. The van der Waals surface area contributed by atoms with Crippen LogP contribution in [0.1, 0.15) is 23.7 Å². The molecule has 3 N–H and O–H groups in total. The molecule has 0 heterocycles. The summed E-state index contributed by atoms with van der Waals surface area (Å²) in [4.78, 5) is 13.5. The maximum absolute atomic E-state index is 13.0. The molecule has 0 saturated carbocycles. The number of nitrogens with zero attached hydrogens (tertiary/aromatic N) is 2. The normalized spacial score (nSPS) is 13.2. The second kappa shape index (κ2) is 6.38. The highest BCUT2D eigenvalue weighted by molar-refractivity contribution is 6.31. The van der Waals surface area contributed by atoms with Gasteiger partial charge in [0, 0.05) is 25.1 Å². The second-order valence-electron chi connectivity index (χ2n) is 4.19. The van der Waals surface area contributed by atoms with E-state index in [1.54, 1.807) is 14.0 Å². The van der Waals surface area contributed by atoms with Gasteiger partial charge in [-0.15, -0.1) is 0 Å². The van der Waals surface area contributed by atoms with Gasteiger partial charge in [0.15, 0.2) is 0 Å². The second-order valence-corrected chi connectivity index (χ2v) is 4.60. The Morgan fingerprint density at radius 1 is 1.63 bits per heavy atom. The number of benzene rings is 1. The van der Waals surface area contributed by atoms with Crippen LogP contribution in [-0.4, -0.2) is 34.9 Å². The van der Waals surface area contributed by atoms with Crippen molar-refractivity contribution < 1.29 is 14.4 Å². The lowest BCUT2D eigenvalue weighted by atomic mass is 10.1. The van der Waals surface area contributed by atoms with Crippen molar-refractivity contribution in [2.24, 2.45) is 10.9 Å². The highest BCUT2D eigenvalue weighted by Gasteiger charge is 2.19. The van der Waals surface area contributed by atoms with Gasteiger partial charge in [-0.1, -0.05) is 16.8 Å². The van der Waals surface area contributed by atoms with Gasteiger partial charge in [0.2, 0.25) is 0 Å². The summed E-state index contributed by atoms with van der Waals surface area (Å²) in [5.41, 5.74) is 5.66. The molecule has 7 heteroatoms. The summed E-state index contributed by atoms with van der Waals surface area (Å²) in [6.45, 7) is 1.75. The van der Waals surface area contributed by atoms with Crippen LogP contribution in [0.5, 0.6) is 0 Å². The zero-order valence-corrected chi connectivity index (χ0v) is 11.4. The van der Waals surface area contributed by atoms with Crippen molar-refractivity contribution in [3.63, 3.8) is 0 Å². The molecule has 0 spiro atoms. The molecule has 1 aromatic carbocycles. The van der Waals surface area contributed by atoms with Crippen molar-refractivity contribution in [1.82, 2.24) is 4.90 Å². The van der Waals surface area contributed by atoms with Crippen molar-refractivity contribution in [3.05, 3.63) is 34.6 Å². The molecule has 0 aliphatic carbocycles. The molecule has 1 amide bonds. The number of carbonyl (C=O) groups is 1. The molecule has 1 rings (SSSR count). The van der Waals surface area contributed by atoms with Crippen molar-refractivity contribution in [2.45, 2.75) is 19.4 Å². The summed E-state index contributed by atoms with van der Waals surface area (Å²) in [7, 11) is 1.58. The molecule has 0 aromatic heterocycles. The Kier molecular flexibility index (Phi) is 5.11. The number of hydrogen-bond acceptors (Lipinski definition) is 3. The van der Waals surface area contributed by atoms with Gasteiger partial charge in [-0.3, -0.25) is 4.79 Å². The molecule has 19 heavy (non-hydrogen) atoms. The van der Waals surface area contributed by atoms with E-state index in [9.17, 15) is 9.18 Å². The van der Waals surface area contributed by atoms with E-state index in [0.29, 0.717) is 0 Å². The van der Waals surface area contributed by atoms with E-state index in [4.69, 9.17) is 22.5 Å². The number of hydrogen-bond donors (Lipinski definition) is 2. The third-order valence-corrected chi connectivity index (χ3v) is 3.07. The molecule has 0 aliphatic heterocycles. The van der Waals surface area contributed by atoms with Gasteiger partial charge in [0.25, 0.3) is 5.91 Å². The van der Waals surface area contributed by atoms with Crippen LogP contribution in [0.15, 0.2) is 23.4 Å². The van der Waals surface area contributed by atoms with Crippen LogP contribution in [0.2, 0.25) is 5.02 Å². The van der Waals surface area contributed by atoms with Gasteiger partial charge in [-0.05, 0) is 25.1 Å². The molecule has 0 fully saturated rings. The van der Waals surface area contributed by atoms with E-state index in [2.05, 4.69) is 5.16 Å². The number of amidine groups is 1. The summed E-state index contributed by atoms with van der Waals surface area (Å²) in [6.07, 6.45) is 0.230. The van der Waals surface area contributed by atoms with Gasteiger partial charge in [-0.25, -0.2) is 4.39 Å². The molecule has 0 radical (unpaired) electrons. The van der Waals surface area contributed by atoms with Crippen LogP contribution in [0.3, 0.4) is 0 Å². The Morgan fingerprint density at radius 3 is 2.79 bits per heavy atom. The SMILES string of the molecule is CC(C/C(N)=N/O)N(C)C(=O)c1ccc(F)c(Cl)c1. The number of halogens is 2. The summed E-state index contributed by atoms with van der Waals surface area (Å²) in [5.74, 6) is -0.866. The van der Waals surface area contributed by atoms with Gasteiger partial charge in [-0.2, -0.15) is 0 Å². The smallest absolute Gasteiger partial charge is 0.253 e. The Hall–Kier alpha value is -1.82. The zero-order chi connectivity index (χ0) is 14.6. The van der Waals surface area contributed by atoms with Crippen LogP contribution in [-0.2, 0) is 0 Å². The summed E-state index contributed by atoms with van der Waals surface area (Å²) in [6, 6.07) is 3.49. The highest BCUT2D eigenvalue weighted by Crippen LogP contribution is 2.18. The standard InChI is InChI=1S/C12H15ClFN3O2/c1-7(5-11(15)16-19)17(2)12(18)8-3-4-10(14)9(13)6-8/h3-4,6-7,19H,5H2,1-2H3,(H2,15,16). The van der Waals surface area contributed by atoms with E-state index in [-0.39, 0.29) is 34.8 Å². The number of nitrogens with two attached hydrogens (primary N) is 1. The van der Waals surface area contributed by atoms with Crippen molar-refractivity contribution in [3.8, 4) is 0 Å². The molecule has 104 valence electrons. The summed E-state index contributed by atoms with van der Waals surface area (Å²) < 4.78 is 13.0. The number of carbonyl (C=O) groups excluding carboxylic acids is 1. The third kappa shape index (κ3) is 3.82. The summed E-state index contributed by atoms with van der Waals surface area (Å²) in [5, 5.41) is 11.2. The first-order chi connectivity index (χ1) is 8.86. The first kappa shape index (κ1) is 15.2. The minimum Gasteiger partial charge on any atom is -0.409 e. The highest BCUT2D eigenvalue weighted by atomic mass is 35.5. The predicted octanol–water partition coefficient (Wildman–Crippen LogP) is 2.08. The van der Waals surface area contributed by atoms with Crippen molar-refractivity contribution >= 4 is 23.3 Å². The Labute approximate surface area is 115 Å². The zero-order valence-electron chi connectivity index (χ0n) is 10.6. The number of oxime groups is 1. The van der Waals surface area contributed by atoms with Crippen LogP contribution in [0, 0.1) is 5.82 Å². The Bertz CT molecular complexity index is 508. The molecular formula is C12H15ClFN3O2. The van der Waals surface area contributed by atoms with Gasteiger partial charge in [0.1, 0.15) is 11.7 Å². The van der Waals surface area contributed by atoms with E-state index in [1.807, 2.05) is 0 Å². The fourth-order valence-electron chi connectivity index (χ4n) is 1.51. The Balaban J connectivity index is 2.84. The lowest BCUT2D eigenvalue weighted by Crippen LogP contribution is -2.37. The molecule has 1 unspecified atom stereocenters. The van der Waals surface area contributed by atoms with Crippen LogP contribution in [0.25, 0.3) is 0 Å². The molecule has 1 aromatic rings. The Morgan fingerprint density at radius 2 is 2.26 bits per heavy atom. The maximum atomic E-state index is 13.0. The minimum atomic E-state index is -0.578. The fraction of sp³-hybridized carbons (Fsp3) is 0.333. The van der Waals surface area contributed by atoms with Gasteiger partial charge < -0.3 is 15.8 Å². The van der Waals surface area contributed by atoms with Crippen LogP contribution < -0.4 is 5.73 Å².